The van der Waals surface area contributed by atoms with Crippen molar-refractivity contribution in [2.75, 3.05) is 0 Å². The zero-order valence-corrected chi connectivity index (χ0v) is 14.2. The minimum atomic E-state index is 0.602. The molecule has 2 nitrogen and oxygen atoms in total. The molecule has 2 aromatic carbocycles. The van der Waals surface area contributed by atoms with Crippen molar-refractivity contribution in [3.05, 3.63) is 71.5 Å². The van der Waals surface area contributed by atoms with Crippen LogP contribution in [0, 0.1) is 13.8 Å². The number of aromatic nitrogens is 1. The molecule has 0 radical (unpaired) electrons. The molecule has 3 aromatic rings. The predicted octanol–water partition coefficient (Wildman–Crippen LogP) is 4.73. The molecule has 3 rings (SSSR count). The third-order valence-corrected chi connectivity index (χ3v) is 4.15. The van der Waals surface area contributed by atoms with Crippen molar-refractivity contribution in [1.29, 1.82) is 0 Å². The topological polar surface area (TPSA) is 13.1 Å². The molecule has 0 fully saturated rings. The smallest absolute Gasteiger partial charge is 0.178 e. The normalized spacial score (nSPS) is 10.9. The molecule has 0 saturated heterocycles. The monoisotopic (exact) mass is 306 g/mol. The van der Waals surface area contributed by atoms with Crippen LogP contribution < -0.4 is 9.30 Å². The van der Waals surface area contributed by atoms with Crippen LogP contribution in [0.1, 0.15) is 30.2 Å². The second kappa shape index (κ2) is 6.82. The fourth-order valence-electron chi connectivity index (χ4n) is 2.88. The van der Waals surface area contributed by atoms with Crippen molar-refractivity contribution in [2.45, 2.75) is 40.3 Å². The molecular weight excluding hydrogens is 282 g/mol. The zero-order chi connectivity index (χ0) is 16.2. The molecule has 23 heavy (non-hydrogen) atoms. The van der Waals surface area contributed by atoms with Crippen LogP contribution in [-0.2, 0) is 13.2 Å². The number of hydrogen-bond donors (Lipinski definition) is 0. The van der Waals surface area contributed by atoms with Crippen LogP contribution >= 0.6 is 0 Å². The Morgan fingerprint density at radius 3 is 2.48 bits per heavy atom. The number of pyridine rings is 1. The van der Waals surface area contributed by atoms with Gasteiger partial charge in [-0.1, -0.05) is 36.8 Å². The van der Waals surface area contributed by atoms with Crippen LogP contribution in [0.15, 0.2) is 54.7 Å². The van der Waals surface area contributed by atoms with Gasteiger partial charge in [0, 0.05) is 31.0 Å². The molecule has 118 valence electrons. The summed E-state index contributed by atoms with van der Waals surface area (Å²) in [6.07, 6.45) is 3.30. The average Bonchev–Trinajstić information content (AvgIpc) is 2.55. The van der Waals surface area contributed by atoms with Gasteiger partial charge in [0.1, 0.15) is 18.9 Å². The van der Waals surface area contributed by atoms with E-state index in [1.807, 2.05) is 0 Å². The molecule has 0 N–H and O–H groups in total. The highest BCUT2D eigenvalue weighted by atomic mass is 16.5. The van der Waals surface area contributed by atoms with Gasteiger partial charge < -0.3 is 4.74 Å². The summed E-state index contributed by atoms with van der Waals surface area (Å²) in [5.74, 6) is 0.921. The van der Waals surface area contributed by atoms with E-state index in [2.05, 4.69) is 80.1 Å². The van der Waals surface area contributed by atoms with Crippen LogP contribution in [0.2, 0.25) is 0 Å². The first-order valence-electron chi connectivity index (χ1n) is 8.28. The summed E-state index contributed by atoms with van der Waals surface area (Å²) in [5.41, 5.74) is 3.77. The molecule has 2 heteroatoms. The maximum absolute atomic E-state index is 5.98. The fourth-order valence-corrected chi connectivity index (χ4v) is 2.88. The minimum absolute atomic E-state index is 0.602. The first-order valence-corrected chi connectivity index (χ1v) is 8.28. The highest BCUT2D eigenvalue weighted by molar-refractivity contribution is 5.84. The van der Waals surface area contributed by atoms with Crippen LogP contribution in [-0.4, -0.2) is 0 Å². The van der Waals surface area contributed by atoms with Crippen molar-refractivity contribution in [3.63, 3.8) is 0 Å². The second-order valence-corrected chi connectivity index (χ2v) is 6.17. The molecule has 0 amide bonds. The van der Waals surface area contributed by atoms with Gasteiger partial charge in [-0.15, -0.1) is 0 Å². The Labute approximate surface area is 138 Å². The van der Waals surface area contributed by atoms with Gasteiger partial charge in [0.15, 0.2) is 11.9 Å². The lowest BCUT2D eigenvalue weighted by Crippen LogP contribution is -2.36. The van der Waals surface area contributed by atoms with Gasteiger partial charge >= 0.3 is 0 Å². The van der Waals surface area contributed by atoms with E-state index in [0.717, 1.165) is 18.7 Å². The Bertz CT molecular complexity index is 823. The second-order valence-electron chi connectivity index (χ2n) is 6.17. The van der Waals surface area contributed by atoms with E-state index in [9.17, 15) is 0 Å². The standard InChI is InChI=1S/C21H24NO/c1-4-10-22-11-9-18(13-17(22)3)15-23-21-8-7-19-12-16(2)5-6-20(19)14-21/h5-9,11-14H,4,10,15H2,1-3H3/q+1. The predicted molar refractivity (Wildman–Crippen MR) is 94.7 cm³/mol. The highest BCUT2D eigenvalue weighted by Crippen LogP contribution is 2.22. The third kappa shape index (κ3) is 3.70. The van der Waals surface area contributed by atoms with E-state index in [-0.39, 0.29) is 0 Å². The summed E-state index contributed by atoms with van der Waals surface area (Å²) in [6, 6.07) is 17.1. The van der Waals surface area contributed by atoms with Crippen molar-refractivity contribution < 1.29 is 9.30 Å². The fraction of sp³-hybridized carbons (Fsp3) is 0.286. The molecule has 0 saturated carbocycles. The molecule has 0 aliphatic heterocycles. The lowest BCUT2D eigenvalue weighted by molar-refractivity contribution is -0.702. The molecule has 0 atom stereocenters. The lowest BCUT2D eigenvalue weighted by Gasteiger charge is -2.08. The Morgan fingerprint density at radius 2 is 1.70 bits per heavy atom. The largest absolute Gasteiger partial charge is 0.489 e. The van der Waals surface area contributed by atoms with E-state index < -0.39 is 0 Å². The summed E-state index contributed by atoms with van der Waals surface area (Å²) in [5, 5.41) is 2.48. The maximum atomic E-state index is 5.98. The third-order valence-electron chi connectivity index (χ3n) is 4.15. The Kier molecular flexibility index (Phi) is 4.61. The summed E-state index contributed by atoms with van der Waals surface area (Å²) in [6.45, 7) is 8.14. The first kappa shape index (κ1) is 15.5. The highest BCUT2D eigenvalue weighted by Gasteiger charge is 2.07. The number of aryl methyl sites for hydroxylation is 3. The molecule has 0 aliphatic rings. The summed E-state index contributed by atoms with van der Waals surface area (Å²) in [7, 11) is 0. The zero-order valence-electron chi connectivity index (χ0n) is 14.2. The van der Waals surface area contributed by atoms with E-state index in [1.165, 1.54) is 27.6 Å². The van der Waals surface area contributed by atoms with Crippen molar-refractivity contribution in [3.8, 4) is 5.75 Å². The molecule has 0 spiro atoms. The maximum Gasteiger partial charge on any atom is 0.178 e. The van der Waals surface area contributed by atoms with Crippen molar-refractivity contribution in [2.24, 2.45) is 0 Å². The SMILES string of the molecule is CCC[n+]1ccc(COc2ccc3cc(C)ccc3c2)cc1C. The quantitative estimate of drug-likeness (QED) is 0.621. The summed E-state index contributed by atoms with van der Waals surface area (Å²) in [4.78, 5) is 0. The van der Waals surface area contributed by atoms with Crippen LogP contribution in [0.4, 0.5) is 0 Å². The van der Waals surface area contributed by atoms with Gasteiger partial charge in [-0.3, -0.25) is 0 Å². The summed E-state index contributed by atoms with van der Waals surface area (Å²) < 4.78 is 8.26. The van der Waals surface area contributed by atoms with Gasteiger partial charge in [-0.05, 0) is 29.8 Å². The van der Waals surface area contributed by atoms with Crippen LogP contribution in [0.5, 0.6) is 5.75 Å². The van der Waals surface area contributed by atoms with Crippen molar-refractivity contribution in [1.82, 2.24) is 0 Å². The minimum Gasteiger partial charge on any atom is -0.489 e. The average molecular weight is 306 g/mol. The Hall–Kier alpha value is -2.35. The number of ether oxygens (including phenoxy) is 1. The van der Waals surface area contributed by atoms with E-state index in [0.29, 0.717) is 6.61 Å². The molecular formula is C21H24NO+. The number of benzene rings is 2. The summed E-state index contributed by atoms with van der Waals surface area (Å²) >= 11 is 0. The van der Waals surface area contributed by atoms with E-state index >= 15 is 0 Å². The number of rotatable bonds is 5. The first-order chi connectivity index (χ1) is 11.2. The van der Waals surface area contributed by atoms with Gasteiger partial charge in [0.2, 0.25) is 0 Å². The van der Waals surface area contributed by atoms with E-state index in [1.54, 1.807) is 0 Å². The molecule has 0 aliphatic carbocycles. The molecule has 1 aromatic heterocycles. The van der Waals surface area contributed by atoms with Gasteiger partial charge in [0.05, 0.1) is 0 Å². The van der Waals surface area contributed by atoms with Gasteiger partial charge in [-0.2, -0.15) is 0 Å². The van der Waals surface area contributed by atoms with Crippen LogP contribution in [0.3, 0.4) is 0 Å². The van der Waals surface area contributed by atoms with Gasteiger partial charge in [-0.25, -0.2) is 4.57 Å². The Morgan fingerprint density at radius 1 is 0.913 bits per heavy atom. The lowest BCUT2D eigenvalue weighted by atomic mass is 10.1. The van der Waals surface area contributed by atoms with E-state index in [4.69, 9.17) is 4.74 Å². The van der Waals surface area contributed by atoms with Crippen molar-refractivity contribution >= 4 is 10.8 Å². The molecule has 0 bridgehead atoms. The Balaban J connectivity index is 1.73. The number of fused-ring (bicyclic) bond motifs is 1. The van der Waals surface area contributed by atoms with Gasteiger partial charge in [0.25, 0.3) is 0 Å². The molecule has 0 unspecified atom stereocenters. The number of nitrogens with zero attached hydrogens (tertiary/aromatic N) is 1. The number of hydrogen-bond acceptors (Lipinski definition) is 1. The van der Waals surface area contributed by atoms with Crippen LogP contribution in [0.25, 0.3) is 10.8 Å². The molecule has 1 heterocycles.